The van der Waals surface area contributed by atoms with Crippen molar-refractivity contribution in [1.82, 2.24) is 10.6 Å². The summed E-state index contributed by atoms with van der Waals surface area (Å²) in [6.45, 7) is 1.99. The minimum Gasteiger partial charge on any atom is -0.480 e. The van der Waals surface area contributed by atoms with Crippen LogP contribution in [-0.2, 0) is 9.53 Å². The van der Waals surface area contributed by atoms with Crippen LogP contribution in [0.1, 0.15) is 45.4 Å². The summed E-state index contributed by atoms with van der Waals surface area (Å²) < 4.78 is 5.23. The van der Waals surface area contributed by atoms with Gasteiger partial charge in [0.05, 0.1) is 6.10 Å². The molecule has 19 heavy (non-hydrogen) atoms. The number of carbonyl (C=O) groups excluding carboxylic acids is 1. The van der Waals surface area contributed by atoms with E-state index in [9.17, 15) is 9.59 Å². The van der Waals surface area contributed by atoms with Crippen LogP contribution in [0.25, 0.3) is 0 Å². The quantitative estimate of drug-likeness (QED) is 0.655. The molecule has 1 aliphatic carbocycles. The number of unbranched alkanes of at least 4 members (excludes halogenated alkanes) is 1. The lowest BCUT2D eigenvalue weighted by atomic mass is 10.1. The van der Waals surface area contributed by atoms with Crippen molar-refractivity contribution < 1.29 is 19.4 Å². The highest BCUT2D eigenvalue weighted by atomic mass is 16.5. The fourth-order valence-electron chi connectivity index (χ4n) is 2.34. The number of rotatable bonds is 7. The summed E-state index contributed by atoms with van der Waals surface area (Å²) in [5.41, 5.74) is 0. The maximum atomic E-state index is 11.7. The number of ether oxygens (including phenoxy) is 1. The Bertz CT molecular complexity index is 309. The highest BCUT2D eigenvalue weighted by molar-refractivity contribution is 5.82. The fraction of sp³-hybridized carbons (Fsp3) is 0.846. The highest BCUT2D eigenvalue weighted by Crippen LogP contribution is 2.21. The first kappa shape index (κ1) is 15.8. The predicted octanol–water partition coefficient (Wildman–Crippen LogP) is 1.50. The summed E-state index contributed by atoms with van der Waals surface area (Å²) in [4.78, 5) is 22.8. The van der Waals surface area contributed by atoms with E-state index >= 15 is 0 Å². The molecular weight excluding hydrogens is 248 g/mol. The Balaban J connectivity index is 2.34. The second-order valence-electron chi connectivity index (χ2n) is 5.02. The first-order chi connectivity index (χ1) is 9.06. The molecule has 0 bridgehead atoms. The molecule has 0 aromatic rings. The Hall–Kier alpha value is -1.30. The molecule has 0 aliphatic heterocycles. The van der Waals surface area contributed by atoms with Gasteiger partial charge >= 0.3 is 12.0 Å². The Morgan fingerprint density at radius 2 is 2.16 bits per heavy atom. The Kier molecular flexibility index (Phi) is 6.62. The monoisotopic (exact) mass is 272 g/mol. The van der Waals surface area contributed by atoms with E-state index in [-0.39, 0.29) is 12.1 Å². The van der Waals surface area contributed by atoms with Gasteiger partial charge in [0.2, 0.25) is 0 Å². The molecule has 0 radical (unpaired) electrons. The fourth-order valence-corrected chi connectivity index (χ4v) is 2.34. The summed E-state index contributed by atoms with van der Waals surface area (Å²) in [5, 5.41) is 14.4. The van der Waals surface area contributed by atoms with Crippen LogP contribution >= 0.6 is 0 Å². The molecule has 6 heteroatoms. The zero-order valence-electron chi connectivity index (χ0n) is 11.6. The van der Waals surface area contributed by atoms with Crippen LogP contribution < -0.4 is 10.6 Å². The van der Waals surface area contributed by atoms with Gasteiger partial charge in [0.1, 0.15) is 6.04 Å². The Morgan fingerprint density at radius 1 is 1.42 bits per heavy atom. The number of hydrogen-bond donors (Lipinski definition) is 3. The average molecular weight is 272 g/mol. The van der Waals surface area contributed by atoms with E-state index in [1.165, 1.54) is 0 Å². The van der Waals surface area contributed by atoms with Gasteiger partial charge in [-0.15, -0.1) is 0 Å². The van der Waals surface area contributed by atoms with Gasteiger partial charge in [0, 0.05) is 13.2 Å². The number of amides is 2. The van der Waals surface area contributed by atoms with Gasteiger partial charge in [-0.25, -0.2) is 9.59 Å². The third kappa shape index (κ3) is 5.46. The summed E-state index contributed by atoms with van der Waals surface area (Å²) in [7, 11) is 1.67. The molecular formula is C13H24N2O4. The number of urea groups is 1. The van der Waals surface area contributed by atoms with Crippen LogP contribution in [-0.4, -0.2) is 42.4 Å². The van der Waals surface area contributed by atoms with Crippen molar-refractivity contribution in [2.45, 2.75) is 63.6 Å². The second-order valence-corrected chi connectivity index (χ2v) is 5.02. The van der Waals surface area contributed by atoms with Gasteiger partial charge < -0.3 is 20.5 Å². The van der Waals surface area contributed by atoms with Crippen molar-refractivity contribution in [3.8, 4) is 0 Å². The van der Waals surface area contributed by atoms with Crippen molar-refractivity contribution in [2.24, 2.45) is 0 Å². The molecule has 1 rings (SSSR count). The summed E-state index contributed by atoms with van der Waals surface area (Å²) in [5.74, 6) is -0.982. The molecule has 2 amide bonds. The topological polar surface area (TPSA) is 87.7 Å². The third-order valence-electron chi connectivity index (χ3n) is 3.50. The van der Waals surface area contributed by atoms with Crippen molar-refractivity contribution >= 4 is 12.0 Å². The van der Waals surface area contributed by atoms with Crippen LogP contribution in [0.3, 0.4) is 0 Å². The largest absolute Gasteiger partial charge is 0.480 e. The zero-order valence-corrected chi connectivity index (χ0v) is 11.6. The van der Waals surface area contributed by atoms with E-state index in [2.05, 4.69) is 10.6 Å². The third-order valence-corrected chi connectivity index (χ3v) is 3.50. The van der Waals surface area contributed by atoms with Gasteiger partial charge in [-0.2, -0.15) is 0 Å². The average Bonchev–Trinajstić information content (AvgIpc) is 2.81. The molecule has 1 aliphatic rings. The van der Waals surface area contributed by atoms with Gasteiger partial charge in [-0.1, -0.05) is 19.8 Å². The molecule has 0 spiro atoms. The normalized spacial score (nSPS) is 23.9. The van der Waals surface area contributed by atoms with Crippen LogP contribution in [0, 0.1) is 0 Å². The van der Waals surface area contributed by atoms with E-state index in [0.29, 0.717) is 6.42 Å². The smallest absolute Gasteiger partial charge is 0.326 e. The molecule has 1 fully saturated rings. The number of carboxylic acid groups (broad SMARTS) is 1. The van der Waals surface area contributed by atoms with Gasteiger partial charge in [0.25, 0.3) is 0 Å². The van der Waals surface area contributed by atoms with Crippen molar-refractivity contribution in [2.75, 3.05) is 7.11 Å². The molecule has 0 heterocycles. The predicted molar refractivity (Wildman–Crippen MR) is 71.1 cm³/mol. The first-order valence-electron chi connectivity index (χ1n) is 6.89. The van der Waals surface area contributed by atoms with E-state index in [1.54, 1.807) is 7.11 Å². The molecule has 0 aromatic heterocycles. The molecule has 110 valence electrons. The standard InChI is InChI=1S/C13H24N2O4/c1-3-4-5-11(12(16)17)15-13(18)14-9-6-7-10(8-9)19-2/h9-11H,3-8H2,1-2H3,(H,16,17)(H2,14,15,18). The summed E-state index contributed by atoms with van der Waals surface area (Å²) in [6.07, 6.45) is 4.94. The first-order valence-corrected chi connectivity index (χ1v) is 6.89. The van der Waals surface area contributed by atoms with Gasteiger partial charge in [-0.05, 0) is 25.7 Å². The molecule has 3 N–H and O–H groups in total. The summed E-state index contributed by atoms with van der Waals surface area (Å²) >= 11 is 0. The number of hydrogen-bond acceptors (Lipinski definition) is 3. The SMILES string of the molecule is CCCCC(NC(=O)NC1CCC(OC)C1)C(=O)O. The minimum atomic E-state index is -0.982. The Labute approximate surface area is 113 Å². The molecule has 3 atom stereocenters. The van der Waals surface area contributed by atoms with Gasteiger partial charge in [0.15, 0.2) is 0 Å². The van der Waals surface area contributed by atoms with Crippen molar-refractivity contribution in [3.63, 3.8) is 0 Å². The lowest BCUT2D eigenvalue weighted by molar-refractivity contribution is -0.139. The van der Waals surface area contributed by atoms with Gasteiger partial charge in [-0.3, -0.25) is 0 Å². The molecule has 0 aromatic carbocycles. The van der Waals surface area contributed by atoms with E-state index in [1.807, 2.05) is 6.92 Å². The van der Waals surface area contributed by atoms with Crippen LogP contribution in [0.5, 0.6) is 0 Å². The number of nitrogens with one attached hydrogen (secondary N) is 2. The summed E-state index contributed by atoms with van der Waals surface area (Å²) in [6, 6.07) is -1.13. The number of methoxy groups -OCH3 is 1. The molecule has 1 saturated carbocycles. The van der Waals surface area contributed by atoms with Crippen LogP contribution in [0.15, 0.2) is 0 Å². The van der Waals surface area contributed by atoms with Crippen molar-refractivity contribution in [3.05, 3.63) is 0 Å². The highest BCUT2D eigenvalue weighted by Gasteiger charge is 2.27. The number of carbonyl (C=O) groups is 2. The zero-order chi connectivity index (χ0) is 14.3. The van der Waals surface area contributed by atoms with E-state index in [4.69, 9.17) is 9.84 Å². The molecule has 0 saturated heterocycles. The molecule has 6 nitrogen and oxygen atoms in total. The second kappa shape index (κ2) is 7.99. The lowest BCUT2D eigenvalue weighted by Crippen LogP contribution is -2.48. The van der Waals surface area contributed by atoms with Crippen molar-refractivity contribution in [1.29, 1.82) is 0 Å². The lowest BCUT2D eigenvalue weighted by Gasteiger charge is -2.17. The Morgan fingerprint density at radius 3 is 2.68 bits per heavy atom. The number of aliphatic carboxylic acids is 1. The van der Waals surface area contributed by atoms with E-state index in [0.717, 1.165) is 32.1 Å². The molecule has 3 unspecified atom stereocenters. The maximum absolute atomic E-state index is 11.7. The number of carboxylic acids is 1. The minimum absolute atomic E-state index is 0.0746. The van der Waals surface area contributed by atoms with E-state index < -0.39 is 18.0 Å². The maximum Gasteiger partial charge on any atom is 0.326 e. The van der Waals surface area contributed by atoms with Crippen LogP contribution in [0.4, 0.5) is 4.79 Å². The van der Waals surface area contributed by atoms with Crippen LogP contribution in [0.2, 0.25) is 0 Å².